The summed E-state index contributed by atoms with van der Waals surface area (Å²) >= 11 is 3.18. The summed E-state index contributed by atoms with van der Waals surface area (Å²) < 4.78 is 10.0. The van der Waals surface area contributed by atoms with E-state index in [0.29, 0.717) is 12.0 Å². The Bertz CT molecular complexity index is 872. The van der Waals surface area contributed by atoms with Gasteiger partial charge in [0.05, 0.1) is 13.2 Å². The second-order valence-electron chi connectivity index (χ2n) is 8.34. The molecule has 1 amide bonds. The summed E-state index contributed by atoms with van der Waals surface area (Å²) in [5.74, 6) is 0.662. The van der Waals surface area contributed by atoms with Gasteiger partial charge in [0.2, 0.25) is 0 Å². The molecule has 8 heteroatoms. The molecule has 4 fully saturated rings. The lowest BCUT2D eigenvalue weighted by atomic mass is 9.79. The van der Waals surface area contributed by atoms with Crippen LogP contribution in [0.25, 0.3) is 0 Å². The summed E-state index contributed by atoms with van der Waals surface area (Å²) in [4.78, 5) is 18.7. The highest BCUT2D eigenvalue weighted by Gasteiger charge is 2.40. The summed E-state index contributed by atoms with van der Waals surface area (Å²) in [5.41, 5.74) is 0.732. The Labute approximate surface area is 186 Å². The van der Waals surface area contributed by atoms with Gasteiger partial charge in [-0.2, -0.15) is 4.37 Å². The van der Waals surface area contributed by atoms with Crippen molar-refractivity contribution in [3.63, 3.8) is 0 Å². The molecular weight excluding hydrogens is 416 g/mol. The number of ether oxygens (including phenoxy) is 1. The molecule has 1 N–H and O–H groups in total. The number of hydrogen-bond acceptors (Lipinski definition) is 7. The number of rotatable bonds is 5. The van der Waals surface area contributed by atoms with Crippen LogP contribution in [0.4, 0.5) is 5.00 Å². The standard InChI is InChI=1S/C22H28N4O2S2/c1-15-21(16-6-8-25(15)9-7-16)23-22(27)17-2-4-18(5-3-17)29-19-14-20(30-24-19)26-10-12-28-13-11-26/h2-5,14-16,21H,6-13H2,1H3,(H,23,27)/t15-,21+/m1/s1. The third-order valence-electron chi connectivity index (χ3n) is 6.61. The van der Waals surface area contributed by atoms with Crippen LogP contribution in [-0.4, -0.2) is 66.7 Å². The molecule has 2 atom stereocenters. The van der Waals surface area contributed by atoms with Crippen molar-refractivity contribution in [2.75, 3.05) is 44.3 Å². The molecule has 4 aliphatic rings. The van der Waals surface area contributed by atoms with Crippen molar-refractivity contribution in [1.82, 2.24) is 14.6 Å². The van der Waals surface area contributed by atoms with E-state index >= 15 is 0 Å². The average Bonchev–Trinajstić information content (AvgIpc) is 3.26. The van der Waals surface area contributed by atoms with E-state index in [9.17, 15) is 4.79 Å². The van der Waals surface area contributed by atoms with Crippen LogP contribution in [0.2, 0.25) is 0 Å². The molecular formula is C22H28N4O2S2. The van der Waals surface area contributed by atoms with Crippen molar-refractivity contribution in [3.05, 3.63) is 35.9 Å². The molecule has 4 aliphatic heterocycles. The third kappa shape index (κ3) is 4.23. The molecule has 0 unspecified atom stereocenters. The predicted octanol–water partition coefficient (Wildman–Crippen LogP) is 3.34. The average molecular weight is 445 g/mol. The van der Waals surface area contributed by atoms with Crippen molar-refractivity contribution < 1.29 is 9.53 Å². The van der Waals surface area contributed by atoms with Crippen LogP contribution in [0.15, 0.2) is 40.3 Å². The fourth-order valence-corrected chi connectivity index (χ4v) is 6.52. The van der Waals surface area contributed by atoms with Gasteiger partial charge in [-0.3, -0.25) is 9.69 Å². The summed E-state index contributed by atoms with van der Waals surface area (Å²) in [6.45, 7) is 8.00. The number of fused-ring (bicyclic) bond motifs is 3. The minimum Gasteiger partial charge on any atom is -0.378 e. The maximum Gasteiger partial charge on any atom is 0.251 e. The minimum atomic E-state index is 0.0420. The molecule has 160 valence electrons. The Hall–Kier alpha value is -1.61. The van der Waals surface area contributed by atoms with E-state index in [-0.39, 0.29) is 11.9 Å². The molecule has 30 heavy (non-hydrogen) atoms. The molecule has 0 spiro atoms. The fraction of sp³-hybridized carbons (Fsp3) is 0.545. The van der Waals surface area contributed by atoms with Gasteiger partial charge < -0.3 is 15.0 Å². The lowest BCUT2D eigenvalue weighted by molar-refractivity contribution is 0.0217. The smallest absolute Gasteiger partial charge is 0.251 e. The van der Waals surface area contributed by atoms with Gasteiger partial charge in [-0.05, 0) is 74.6 Å². The van der Waals surface area contributed by atoms with Crippen LogP contribution in [0.5, 0.6) is 0 Å². The Morgan fingerprint density at radius 2 is 1.90 bits per heavy atom. The number of nitrogens with zero attached hydrogens (tertiary/aromatic N) is 3. The van der Waals surface area contributed by atoms with Crippen LogP contribution in [0.3, 0.4) is 0 Å². The molecule has 1 aromatic carbocycles. The molecule has 0 aliphatic carbocycles. The zero-order valence-corrected chi connectivity index (χ0v) is 18.9. The first-order valence-corrected chi connectivity index (χ1v) is 12.4. The Balaban J connectivity index is 1.19. The van der Waals surface area contributed by atoms with Crippen molar-refractivity contribution in [2.24, 2.45) is 5.92 Å². The van der Waals surface area contributed by atoms with Gasteiger partial charge in [0.25, 0.3) is 5.91 Å². The van der Waals surface area contributed by atoms with Gasteiger partial charge in [0.15, 0.2) is 0 Å². The van der Waals surface area contributed by atoms with Gasteiger partial charge in [0, 0.05) is 41.7 Å². The molecule has 2 bridgehead atoms. The number of benzene rings is 1. The second-order valence-corrected chi connectivity index (χ2v) is 10.2. The van der Waals surface area contributed by atoms with Gasteiger partial charge >= 0.3 is 0 Å². The van der Waals surface area contributed by atoms with Gasteiger partial charge in [-0.25, -0.2) is 0 Å². The summed E-state index contributed by atoms with van der Waals surface area (Å²) in [5, 5.41) is 5.51. The van der Waals surface area contributed by atoms with E-state index < -0.39 is 0 Å². The first-order valence-electron chi connectivity index (χ1n) is 10.8. The SMILES string of the molecule is C[C@@H]1[C@H](NC(=O)c2ccc(Sc3cc(N4CCOCC4)sn3)cc2)C2CCN1CC2. The van der Waals surface area contributed by atoms with E-state index in [0.717, 1.165) is 41.8 Å². The first kappa shape index (κ1) is 20.3. The van der Waals surface area contributed by atoms with E-state index in [1.54, 1.807) is 23.3 Å². The Morgan fingerprint density at radius 3 is 2.60 bits per heavy atom. The van der Waals surface area contributed by atoms with Crippen LogP contribution in [0.1, 0.15) is 30.1 Å². The van der Waals surface area contributed by atoms with Crippen molar-refractivity contribution in [3.8, 4) is 0 Å². The Kier molecular flexibility index (Phi) is 6.00. The lowest BCUT2D eigenvalue weighted by Crippen LogP contribution is -2.62. The van der Waals surface area contributed by atoms with Crippen LogP contribution in [0, 0.1) is 5.92 Å². The highest BCUT2D eigenvalue weighted by Crippen LogP contribution is 2.34. The van der Waals surface area contributed by atoms with E-state index in [1.165, 1.54) is 30.9 Å². The molecule has 0 radical (unpaired) electrons. The number of piperidine rings is 3. The number of carbonyl (C=O) groups excluding carboxylic acids is 1. The molecule has 6 nitrogen and oxygen atoms in total. The van der Waals surface area contributed by atoms with E-state index in [1.807, 2.05) is 24.3 Å². The van der Waals surface area contributed by atoms with E-state index in [2.05, 4.69) is 32.5 Å². The first-order chi connectivity index (χ1) is 14.7. The molecule has 5 heterocycles. The molecule has 2 aromatic rings. The number of amides is 1. The highest BCUT2D eigenvalue weighted by molar-refractivity contribution is 7.99. The Morgan fingerprint density at radius 1 is 1.17 bits per heavy atom. The summed E-state index contributed by atoms with van der Waals surface area (Å²) in [7, 11) is 0. The summed E-state index contributed by atoms with van der Waals surface area (Å²) in [6.07, 6.45) is 2.40. The molecule has 6 rings (SSSR count). The lowest BCUT2D eigenvalue weighted by Gasteiger charge is -2.49. The number of hydrogen-bond donors (Lipinski definition) is 1. The number of anilines is 1. The van der Waals surface area contributed by atoms with Crippen LogP contribution in [-0.2, 0) is 4.74 Å². The zero-order valence-electron chi connectivity index (χ0n) is 17.3. The van der Waals surface area contributed by atoms with Gasteiger partial charge in [0.1, 0.15) is 10.0 Å². The second kappa shape index (κ2) is 8.86. The van der Waals surface area contributed by atoms with Gasteiger partial charge in [-0.1, -0.05) is 11.8 Å². The highest BCUT2D eigenvalue weighted by atomic mass is 32.2. The quantitative estimate of drug-likeness (QED) is 0.763. The van der Waals surface area contributed by atoms with Crippen molar-refractivity contribution in [1.29, 1.82) is 0 Å². The normalized spacial score (nSPS) is 28.5. The monoisotopic (exact) mass is 444 g/mol. The maximum atomic E-state index is 12.8. The molecule has 0 saturated carbocycles. The fourth-order valence-electron chi connectivity index (χ4n) is 4.81. The van der Waals surface area contributed by atoms with Crippen LogP contribution < -0.4 is 10.2 Å². The topological polar surface area (TPSA) is 57.7 Å². The van der Waals surface area contributed by atoms with E-state index in [4.69, 9.17) is 4.74 Å². The van der Waals surface area contributed by atoms with Crippen molar-refractivity contribution in [2.45, 2.75) is 41.8 Å². The zero-order chi connectivity index (χ0) is 20.5. The summed E-state index contributed by atoms with van der Waals surface area (Å²) in [6, 6.07) is 10.7. The number of carbonyl (C=O) groups is 1. The minimum absolute atomic E-state index is 0.0420. The number of nitrogens with one attached hydrogen (secondary N) is 1. The largest absolute Gasteiger partial charge is 0.378 e. The van der Waals surface area contributed by atoms with Crippen molar-refractivity contribution >= 4 is 34.2 Å². The predicted molar refractivity (Wildman–Crippen MR) is 121 cm³/mol. The number of aromatic nitrogens is 1. The number of morpholine rings is 1. The van der Waals surface area contributed by atoms with Gasteiger partial charge in [-0.15, -0.1) is 0 Å². The third-order valence-corrected chi connectivity index (χ3v) is 8.51. The molecule has 4 saturated heterocycles. The molecule has 1 aromatic heterocycles. The maximum absolute atomic E-state index is 12.8. The van der Waals surface area contributed by atoms with Crippen LogP contribution >= 0.6 is 23.3 Å².